The molecular formula is C32H31N5O3S. The van der Waals surface area contributed by atoms with Crippen LogP contribution in [-0.4, -0.2) is 51.6 Å². The predicted octanol–water partition coefficient (Wildman–Crippen LogP) is 6.99. The Morgan fingerprint density at radius 2 is 1.80 bits per heavy atom. The quantitative estimate of drug-likeness (QED) is 0.238. The van der Waals surface area contributed by atoms with Crippen LogP contribution in [0.4, 0.5) is 16.4 Å². The molecule has 2 N–H and O–H groups in total. The van der Waals surface area contributed by atoms with Crippen molar-refractivity contribution in [2.75, 3.05) is 18.4 Å². The molecule has 1 aliphatic rings. The maximum Gasteiger partial charge on any atom is 0.407 e. The second-order valence-electron chi connectivity index (χ2n) is 11.2. The second-order valence-corrected chi connectivity index (χ2v) is 12.3. The van der Waals surface area contributed by atoms with E-state index in [4.69, 9.17) is 9.72 Å². The first kappa shape index (κ1) is 26.7. The van der Waals surface area contributed by atoms with Gasteiger partial charge < -0.3 is 20.3 Å². The summed E-state index contributed by atoms with van der Waals surface area (Å²) in [5.41, 5.74) is 3.36. The van der Waals surface area contributed by atoms with Crippen molar-refractivity contribution in [3.05, 3.63) is 83.9 Å². The number of nitrogens with zero attached hydrogens (tertiary/aromatic N) is 3. The van der Waals surface area contributed by atoms with E-state index in [-0.39, 0.29) is 11.9 Å². The number of aromatic nitrogens is 2. The number of carbonyl (C=O) groups excluding carboxylic acids is 2. The van der Waals surface area contributed by atoms with Gasteiger partial charge in [0.1, 0.15) is 5.60 Å². The topological polar surface area (TPSA) is 96.5 Å². The number of carbonyl (C=O) groups is 2. The van der Waals surface area contributed by atoms with Gasteiger partial charge in [-0.2, -0.15) is 0 Å². The summed E-state index contributed by atoms with van der Waals surface area (Å²) < 4.78 is 6.35. The third kappa shape index (κ3) is 6.00. The molecule has 2 aromatic heterocycles. The Hall–Kier alpha value is -4.50. The van der Waals surface area contributed by atoms with Crippen molar-refractivity contribution in [1.82, 2.24) is 20.2 Å². The highest BCUT2D eigenvalue weighted by molar-refractivity contribution is 7.21. The fourth-order valence-electron chi connectivity index (χ4n) is 5.00. The molecule has 0 spiro atoms. The Balaban J connectivity index is 1.21. The first-order valence-electron chi connectivity index (χ1n) is 13.6. The number of hydrogen-bond acceptors (Lipinski definition) is 7. The Bertz CT molecular complexity index is 1750. The fourth-order valence-corrected chi connectivity index (χ4v) is 6.03. The van der Waals surface area contributed by atoms with E-state index in [9.17, 15) is 9.59 Å². The van der Waals surface area contributed by atoms with Crippen LogP contribution in [0.5, 0.6) is 0 Å². The van der Waals surface area contributed by atoms with Crippen molar-refractivity contribution in [3.8, 4) is 11.1 Å². The Labute approximate surface area is 242 Å². The van der Waals surface area contributed by atoms with E-state index >= 15 is 0 Å². The summed E-state index contributed by atoms with van der Waals surface area (Å²) in [6, 6.07) is 24.1. The van der Waals surface area contributed by atoms with E-state index in [2.05, 4.69) is 39.9 Å². The van der Waals surface area contributed by atoms with Crippen molar-refractivity contribution >= 4 is 56.0 Å². The molecule has 6 rings (SSSR count). The Kier molecular flexibility index (Phi) is 7.05. The van der Waals surface area contributed by atoms with E-state index in [0.29, 0.717) is 30.3 Å². The van der Waals surface area contributed by atoms with Crippen molar-refractivity contribution in [2.45, 2.75) is 38.8 Å². The minimum Gasteiger partial charge on any atom is -0.444 e. The van der Waals surface area contributed by atoms with Crippen molar-refractivity contribution in [3.63, 3.8) is 0 Å². The second kappa shape index (κ2) is 10.8. The highest BCUT2D eigenvalue weighted by atomic mass is 32.1. The number of fused-ring (bicyclic) bond motifs is 3. The van der Waals surface area contributed by atoms with Gasteiger partial charge in [-0.1, -0.05) is 42.5 Å². The lowest BCUT2D eigenvalue weighted by Crippen LogP contribution is -2.41. The first-order valence-corrected chi connectivity index (χ1v) is 14.4. The molecule has 1 aliphatic heterocycles. The summed E-state index contributed by atoms with van der Waals surface area (Å²) >= 11 is 1.46. The van der Waals surface area contributed by atoms with Gasteiger partial charge in [-0.15, -0.1) is 11.3 Å². The van der Waals surface area contributed by atoms with Crippen LogP contribution in [0.25, 0.3) is 32.1 Å². The number of amides is 2. The smallest absolute Gasteiger partial charge is 0.407 e. The van der Waals surface area contributed by atoms with Crippen LogP contribution in [0, 0.1) is 0 Å². The van der Waals surface area contributed by atoms with Crippen LogP contribution in [0.2, 0.25) is 0 Å². The molecule has 3 heterocycles. The summed E-state index contributed by atoms with van der Waals surface area (Å²) in [6.07, 6.45) is 2.03. The van der Waals surface area contributed by atoms with Gasteiger partial charge in [-0.05, 0) is 68.7 Å². The number of likely N-dealkylation sites (tertiary alicyclic amines) is 1. The average molecular weight is 566 g/mol. The van der Waals surface area contributed by atoms with E-state index in [0.717, 1.165) is 37.8 Å². The lowest BCUT2D eigenvalue weighted by atomic mass is 10.1. The monoisotopic (exact) mass is 565 g/mol. The average Bonchev–Trinajstić information content (AvgIpc) is 3.60. The lowest BCUT2D eigenvalue weighted by molar-refractivity contribution is 0.0502. The standard InChI is InChI=1S/C32H31N5O3S/c1-32(2,3)40-31(39)35-24-14-15-37(19-24)29(38)27-17-25-26(41-27)13-12-22-18-33-30(36-28(22)25)34-23-11-7-10-21(16-23)20-8-5-4-6-9-20/h4-13,16-18,24H,14-15,19H2,1-3H3,(H,35,39)(H,33,34,36). The molecule has 0 saturated carbocycles. The molecule has 1 saturated heterocycles. The van der Waals surface area contributed by atoms with Gasteiger partial charge in [0.25, 0.3) is 5.91 Å². The highest BCUT2D eigenvalue weighted by Gasteiger charge is 2.30. The maximum absolute atomic E-state index is 13.4. The predicted molar refractivity (Wildman–Crippen MR) is 164 cm³/mol. The largest absolute Gasteiger partial charge is 0.444 e. The Morgan fingerprint density at radius 3 is 2.61 bits per heavy atom. The van der Waals surface area contributed by atoms with Crippen molar-refractivity contribution in [1.29, 1.82) is 0 Å². The van der Waals surface area contributed by atoms with Gasteiger partial charge in [0.05, 0.1) is 16.4 Å². The summed E-state index contributed by atoms with van der Waals surface area (Å²) in [7, 11) is 0. The van der Waals surface area contributed by atoms with Crippen LogP contribution >= 0.6 is 11.3 Å². The SMILES string of the molecule is CC(C)(C)OC(=O)NC1CCN(C(=O)c2cc3c(ccc4cnc(Nc5cccc(-c6ccccc6)c5)nc43)s2)C1. The molecule has 5 aromatic rings. The van der Waals surface area contributed by atoms with E-state index in [1.165, 1.54) is 11.3 Å². The molecule has 2 amide bonds. The first-order chi connectivity index (χ1) is 19.7. The molecule has 41 heavy (non-hydrogen) atoms. The lowest BCUT2D eigenvalue weighted by Gasteiger charge is -2.22. The zero-order valence-electron chi connectivity index (χ0n) is 23.2. The van der Waals surface area contributed by atoms with Gasteiger partial charge in [-0.25, -0.2) is 14.8 Å². The number of alkyl carbamates (subject to hydrolysis) is 1. The van der Waals surface area contributed by atoms with Crippen LogP contribution < -0.4 is 10.6 Å². The molecule has 1 atom stereocenters. The number of ether oxygens (including phenoxy) is 1. The molecule has 0 aliphatic carbocycles. The fraction of sp³-hybridized carbons (Fsp3) is 0.250. The molecule has 3 aromatic carbocycles. The van der Waals surface area contributed by atoms with Crippen molar-refractivity contribution in [2.24, 2.45) is 0 Å². The van der Waals surface area contributed by atoms with E-state index in [1.54, 1.807) is 11.1 Å². The minimum atomic E-state index is -0.566. The van der Waals surface area contributed by atoms with Crippen LogP contribution in [0.15, 0.2) is 79.0 Å². The summed E-state index contributed by atoms with van der Waals surface area (Å²) in [6.45, 7) is 6.51. The number of anilines is 2. The van der Waals surface area contributed by atoms with Gasteiger partial charge in [-0.3, -0.25) is 4.79 Å². The number of nitrogens with one attached hydrogen (secondary N) is 2. The highest BCUT2D eigenvalue weighted by Crippen LogP contribution is 2.33. The normalized spacial score (nSPS) is 15.3. The maximum atomic E-state index is 13.4. The molecule has 0 bridgehead atoms. The molecule has 8 nitrogen and oxygen atoms in total. The zero-order chi connectivity index (χ0) is 28.6. The number of benzene rings is 3. The summed E-state index contributed by atoms with van der Waals surface area (Å²) in [5.74, 6) is 0.447. The minimum absolute atomic E-state index is 0.0435. The number of thiophene rings is 1. The van der Waals surface area contributed by atoms with Gasteiger partial charge in [0.15, 0.2) is 0 Å². The van der Waals surface area contributed by atoms with Crippen LogP contribution in [0.3, 0.4) is 0 Å². The van der Waals surface area contributed by atoms with Gasteiger partial charge in [0, 0.05) is 40.4 Å². The van der Waals surface area contributed by atoms with E-state index < -0.39 is 11.7 Å². The summed E-state index contributed by atoms with van der Waals surface area (Å²) in [4.78, 5) is 37.4. The van der Waals surface area contributed by atoms with Crippen LogP contribution in [-0.2, 0) is 4.74 Å². The Morgan fingerprint density at radius 1 is 1.00 bits per heavy atom. The van der Waals surface area contributed by atoms with Gasteiger partial charge >= 0.3 is 6.09 Å². The number of rotatable bonds is 5. The van der Waals surface area contributed by atoms with Crippen molar-refractivity contribution < 1.29 is 14.3 Å². The third-order valence-corrected chi connectivity index (χ3v) is 7.97. The van der Waals surface area contributed by atoms with Crippen LogP contribution in [0.1, 0.15) is 36.9 Å². The molecule has 9 heteroatoms. The molecule has 0 radical (unpaired) electrons. The van der Waals surface area contributed by atoms with E-state index in [1.807, 2.05) is 69.3 Å². The molecule has 208 valence electrons. The summed E-state index contributed by atoms with van der Waals surface area (Å²) in [5, 5.41) is 8.05. The molecule has 1 unspecified atom stereocenters. The third-order valence-electron chi connectivity index (χ3n) is 6.88. The molecule has 1 fully saturated rings. The number of hydrogen-bond donors (Lipinski definition) is 2. The zero-order valence-corrected chi connectivity index (χ0v) is 24.0. The molecular weight excluding hydrogens is 534 g/mol. The van der Waals surface area contributed by atoms with Gasteiger partial charge in [0.2, 0.25) is 5.95 Å².